The lowest BCUT2D eigenvalue weighted by Gasteiger charge is -2.37. The van der Waals surface area contributed by atoms with E-state index in [4.69, 9.17) is 9.47 Å². The maximum absolute atomic E-state index is 13.2. The van der Waals surface area contributed by atoms with E-state index in [2.05, 4.69) is 4.98 Å². The molecule has 6 rings (SSSR count). The number of nitrogens with zero attached hydrogens (tertiary/aromatic N) is 2. The number of ether oxygens (including phenoxy) is 2. The molecule has 170 valence electrons. The fourth-order valence-electron chi connectivity index (χ4n) is 5.20. The van der Waals surface area contributed by atoms with Crippen LogP contribution in [0.1, 0.15) is 34.5 Å². The van der Waals surface area contributed by atoms with Crippen LogP contribution in [0.5, 0.6) is 11.5 Å². The number of hydrogen-bond acceptors (Lipinski definition) is 4. The fraction of sp³-hybridized carbons (Fsp3) is 0.385. The molecule has 3 aromatic rings. The summed E-state index contributed by atoms with van der Waals surface area (Å²) in [6.07, 6.45) is 3.94. The number of carbonyl (C=O) groups is 2. The first-order chi connectivity index (χ1) is 16.2. The first kappa shape index (κ1) is 20.1. The molecule has 1 aliphatic carbocycles. The van der Waals surface area contributed by atoms with Gasteiger partial charge in [-0.15, -0.1) is 0 Å². The molecule has 1 aromatic heterocycles. The average Bonchev–Trinajstić information content (AvgIpc) is 3.25. The second-order valence-electron chi connectivity index (χ2n) is 9.03. The van der Waals surface area contributed by atoms with Crippen LogP contribution in [0.3, 0.4) is 0 Å². The molecule has 2 aromatic carbocycles. The summed E-state index contributed by atoms with van der Waals surface area (Å²) in [5.74, 6) is 1.20. The number of amides is 2. The van der Waals surface area contributed by atoms with E-state index in [1.807, 2.05) is 47.4 Å². The van der Waals surface area contributed by atoms with Crippen molar-refractivity contribution in [3.05, 3.63) is 59.3 Å². The van der Waals surface area contributed by atoms with Crippen molar-refractivity contribution in [1.29, 1.82) is 0 Å². The molecule has 33 heavy (non-hydrogen) atoms. The van der Waals surface area contributed by atoms with Crippen LogP contribution >= 0.6 is 0 Å². The summed E-state index contributed by atoms with van der Waals surface area (Å²) in [5, 5.41) is 1.18. The fourth-order valence-corrected chi connectivity index (χ4v) is 5.20. The highest BCUT2D eigenvalue weighted by molar-refractivity contribution is 5.99. The van der Waals surface area contributed by atoms with Crippen molar-refractivity contribution in [2.45, 2.75) is 31.8 Å². The quantitative estimate of drug-likeness (QED) is 0.658. The van der Waals surface area contributed by atoms with E-state index in [0.29, 0.717) is 37.7 Å². The summed E-state index contributed by atoms with van der Waals surface area (Å²) in [6.45, 7) is 2.22. The van der Waals surface area contributed by atoms with Gasteiger partial charge in [-0.05, 0) is 61.6 Å². The molecule has 0 radical (unpaired) electrons. The second kappa shape index (κ2) is 8.14. The highest BCUT2D eigenvalue weighted by Gasteiger charge is 2.33. The number of nitrogens with one attached hydrogen (secondary N) is 1. The van der Waals surface area contributed by atoms with E-state index in [1.165, 1.54) is 29.5 Å². The van der Waals surface area contributed by atoms with E-state index >= 15 is 0 Å². The van der Waals surface area contributed by atoms with Gasteiger partial charge >= 0.3 is 0 Å². The van der Waals surface area contributed by atoms with Gasteiger partial charge in [-0.25, -0.2) is 0 Å². The molecule has 1 fully saturated rings. The minimum Gasteiger partial charge on any atom is -0.485 e. The van der Waals surface area contributed by atoms with Crippen LogP contribution in [-0.4, -0.2) is 65.5 Å². The van der Waals surface area contributed by atoms with Crippen molar-refractivity contribution < 1.29 is 19.1 Å². The molecule has 1 atom stereocenters. The number of benzene rings is 2. The molecule has 7 heteroatoms. The van der Waals surface area contributed by atoms with Crippen LogP contribution < -0.4 is 9.47 Å². The zero-order valence-corrected chi connectivity index (χ0v) is 18.5. The Balaban J connectivity index is 1.11. The number of aryl methyl sites for hydroxylation is 2. The molecule has 1 unspecified atom stereocenters. The van der Waals surface area contributed by atoms with E-state index in [1.54, 1.807) is 4.90 Å². The molecular formula is C26H27N3O4. The van der Waals surface area contributed by atoms with Crippen molar-refractivity contribution in [1.82, 2.24) is 14.8 Å². The number of H-pyrrole nitrogens is 1. The Morgan fingerprint density at radius 2 is 1.67 bits per heavy atom. The third kappa shape index (κ3) is 3.61. The third-order valence-electron chi connectivity index (χ3n) is 7.01. The topological polar surface area (TPSA) is 74.9 Å². The van der Waals surface area contributed by atoms with Crippen molar-refractivity contribution in [2.75, 3.05) is 32.8 Å². The average molecular weight is 446 g/mol. The molecule has 2 aliphatic heterocycles. The van der Waals surface area contributed by atoms with Gasteiger partial charge in [0.05, 0.1) is 0 Å². The monoisotopic (exact) mass is 445 g/mol. The number of piperazine rings is 1. The van der Waals surface area contributed by atoms with Gasteiger partial charge in [-0.2, -0.15) is 0 Å². The predicted octanol–water partition coefficient (Wildman–Crippen LogP) is 3.17. The van der Waals surface area contributed by atoms with Gasteiger partial charge in [0.2, 0.25) is 6.10 Å². The van der Waals surface area contributed by atoms with Gasteiger partial charge in [0.1, 0.15) is 6.61 Å². The van der Waals surface area contributed by atoms with Gasteiger partial charge in [0.15, 0.2) is 11.5 Å². The van der Waals surface area contributed by atoms with Crippen molar-refractivity contribution in [3.8, 4) is 11.5 Å². The largest absolute Gasteiger partial charge is 0.485 e. The zero-order chi connectivity index (χ0) is 22.4. The van der Waals surface area contributed by atoms with Crippen molar-refractivity contribution in [3.63, 3.8) is 0 Å². The number of aromatic nitrogens is 1. The number of aromatic amines is 1. The minimum atomic E-state index is -0.649. The Bertz CT molecular complexity index is 1230. The lowest BCUT2D eigenvalue weighted by molar-refractivity contribution is -0.142. The Kier molecular flexibility index (Phi) is 4.97. The second-order valence-corrected chi connectivity index (χ2v) is 9.03. The Morgan fingerprint density at radius 1 is 0.909 bits per heavy atom. The van der Waals surface area contributed by atoms with E-state index in [9.17, 15) is 9.59 Å². The molecule has 1 saturated heterocycles. The number of fused-ring (bicyclic) bond motifs is 4. The molecule has 0 spiro atoms. The maximum Gasteiger partial charge on any atom is 0.267 e. The molecular weight excluding hydrogens is 418 g/mol. The number of para-hydroxylation sites is 2. The summed E-state index contributed by atoms with van der Waals surface area (Å²) in [7, 11) is 0. The molecule has 3 heterocycles. The molecule has 2 amide bonds. The summed E-state index contributed by atoms with van der Waals surface area (Å²) in [6, 6.07) is 13.4. The normalized spacial score (nSPS) is 19.9. The maximum atomic E-state index is 13.2. The lowest BCUT2D eigenvalue weighted by Crippen LogP contribution is -2.55. The first-order valence-corrected chi connectivity index (χ1v) is 11.8. The summed E-state index contributed by atoms with van der Waals surface area (Å²) >= 11 is 0. The van der Waals surface area contributed by atoms with E-state index in [-0.39, 0.29) is 18.4 Å². The van der Waals surface area contributed by atoms with Crippen molar-refractivity contribution >= 4 is 22.7 Å². The Labute approximate surface area is 192 Å². The van der Waals surface area contributed by atoms with Gasteiger partial charge in [-0.1, -0.05) is 12.1 Å². The smallest absolute Gasteiger partial charge is 0.267 e. The zero-order valence-electron chi connectivity index (χ0n) is 18.5. The van der Waals surface area contributed by atoms with Crippen LogP contribution in [0.15, 0.2) is 42.5 Å². The van der Waals surface area contributed by atoms with Crippen LogP contribution in [0.2, 0.25) is 0 Å². The van der Waals surface area contributed by atoms with Crippen LogP contribution in [0.25, 0.3) is 10.9 Å². The molecule has 1 N–H and O–H groups in total. The van der Waals surface area contributed by atoms with Crippen LogP contribution in [0, 0.1) is 0 Å². The van der Waals surface area contributed by atoms with E-state index < -0.39 is 6.10 Å². The molecule has 3 aliphatic rings. The number of hydrogen-bond donors (Lipinski definition) is 1. The number of carbonyl (C=O) groups excluding carboxylic acids is 2. The summed E-state index contributed by atoms with van der Waals surface area (Å²) in [4.78, 5) is 33.3. The van der Waals surface area contributed by atoms with Gasteiger partial charge < -0.3 is 24.3 Å². The Morgan fingerprint density at radius 3 is 2.52 bits per heavy atom. The highest BCUT2D eigenvalue weighted by atomic mass is 16.6. The summed E-state index contributed by atoms with van der Waals surface area (Å²) < 4.78 is 11.6. The first-order valence-electron chi connectivity index (χ1n) is 11.8. The molecule has 0 bridgehead atoms. The molecule has 0 saturated carbocycles. The Hall–Kier alpha value is -3.48. The third-order valence-corrected chi connectivity index (χ3v) is 7.01. The van der Waals surface area contributed by atoms with Crippen LogP contribution in [0.4, 0.5) is 0 Å². The standard InChI is InChI=1S/C26H27N3O4/c30-25(17-9-10-21-19(15-17)18-5-1-2-6-20(18)27-21)28-11-13-29(14-12-28)26(31)24-16-32-22-7-3-4-8-23(22)33-24/h3-4,7-10,15,24,27H,1-2,5-6,11-14,16H2. The highest BCUT2D eigenvalue weighted by Crippen LogP contribution is 2.32. The number of rotatable bonds is 2. The summed E-state index contributed by atoms with van der Waals surface area (Å²) in [5.41, 5.74) is 4.53. The van der Waals surface area contributed by atoms with Gasteiger partial charge in [-0.3, -0.25) is 9.59 Å². The van der Waals surface area contributed by atoms with Crippen LogP contribution in [-0.2, 0) is 17.6 Å². The van der Waals surface area contributed by atoms with Gasteiger partial charge in [0.25, 0.3) is 11.8 Å². The lowest BCUT2D eigenvalue weighted by atomic mass is 9.95. The molecule has 7 nitrogen and oxygen atoms in total. The minimum absolute atomic E-state index is 0.0286. The van der Waals surface area contributed by atoms with E-state index in [0.717, 1.165) is 23.9 Å². The SMILES string of the molecule is O=C(c1ccc2[nH]c3c(c2c1)CCCC3)N1CCN(C(=O)C2COc3ccccc3O2)CC1. The predicted molar refractivity (Wildman–Crippen MR) is 124 cm³/mol. The van der Waals surface area contributed by atoms with Crippen molar-refractivity contribution in [2.24, 2.45) is 0 Å². The van der Waals surface area contributed by atoms with Gasteiger partial charge in [0, 0.05) is 48.3 Å².